The van der Waals surface area contributed by atoms with E-state index in [1.807, 2.05) is 6.92 Å². The lowest BCUT2D eigenvalue weighted by Gasteiger charge is -2.07. The summed E-state index contributed by atoms with van der Waals surface area (Å²) in [6, 6.07) is -0.258. The van der Waals surface area contributed by atoms with Crippen molar-refractivity contribution in [3.63, 3.8) is 0 Å². The second-order valence-corrected chi connectivity index (χ2v) is 2.71. The van der Waals surface area contributed by atoms with Crippen LogP contribution in [0.25, 0.3) is 0 Å². The smallest absolute Gasteiger partial charge is 0.149 e. The van der Waals surface area contributed by atoms with Gasteiger partial charge in [-0.3, -0.25) is 4.79 Å². The fraction of sp³-hybridized carbons (Fsp3) is 0.875. The van der Waals surface area contributed by atoms with Crippen molar-refractivity contribution in [3.8, 4) is 0 Å². The van der Waals surface area contributed by atoms with Gasteiger partial charge in [0, 0.05) is 6.42 Å². The summed E-state index contributed by atoms with van der Waals surface area (Å²) in [4.78, 5) is 10.9. The average molecular weight is 158 g/mol. The van der Waals surface area contributed by atoms with Crippen LogP contribution >= 0.6 is 0 Å². The first-order valence-electron chi connectivity index (χ1n) is 4.20. The van der Waals surface area contributed by atoms with Gasteiger partial charge < -0.3 is 11.5 Å². The maximum atomic E-state index is 10.9. The van der Waals surface area contributed by atoms with E-state index in [0.29, 0.717) is 13.0 Å². The summed E-state index contributed by atoms with van der Waals surface area (Å²) in [5, 5.41) is 0. The van der Waals surface area contributed by atoms with Gasteiger partial charge in [0.1, 0.15) is 5.78 Å². The molecule has 0 rings (SSSR count). The molecule has 0 amide bonds. The summed E-state index contributed by atoms with van der Waals surface area (Å²) in [7, 11) is 0. The summed E-state index contributed by atoms with van der Waals surface area (Å²) in [5.74, 6) is 0.155. The summed E-state index contributed by atoms with van der Waals surface area (Å²) in [6.45, 7) is 2.53. The van der Waals surface area contributed by atoms with E-state index in [2.05, 4.69) is 0 Å². The molecular formula is C8H18N2O. The van der Waals surface area contributed by atoms with Gasteiger partial charge in [0.15, 0.2) is 0 Å². The molecular weight excluding hydrogens is 140 g/mol. The Balaban J connectivity index is 3.36. The number of nitrogens with two attached hydrogens (primary N) is 2. The standard InChI is InChI=1S/C8H18N2O/c1-2-8(11)7(10)5-3-4-6-9/h7H,2-6,9-10H2,1H3/t7-/m0/s1. The van der Waals surface area contributed by atoms with Crippen molar-refractivity contribution in [2.24, 2.45) is 11.5 Å². The van der Waals surface area contributed by atoms with Gasteiger partial charge >= 0.3 is 0 Å². The Bertz CT molecular complexity index is 115. The van der Waals surface area contributed by atoms with Crippen LogP contribution in [0, 0.1) is 0 Å². The van der Waals surface area contributed by atoms with E-state index >= 15 is 0 Å². The highest BCUT2D eigenvalue weighted by molar-refractivity contribution is 5.83. The molecule has 0 bridgehead atoms. The maximum Gasteiger partial charge on any atom is 0.149 e. The van der Waals surface area contributed by atoms with Crippen molar-refractivity contribution in [2.75, 3.05) is 6.54 Å². The molecule has 11 heavy (non-hydrogen) atoms. The molecule has 0 heterocycles. The first-order chi connectivity index (χ1) is 5.22. The topological polar surface area (TPSA) is 69.1 Å². The lowest BCUT2D eigenvalue weighted by Crippen LogP contribution is -2.29. The zero-order chi connectivity index (χ0) is 8.69. The number of rotatable bonds is 6. The van der Waals surface area contributed by atoms with Crippen molar-refractivity contribution in [2.45, 2.75) is 38.6 Å². The first-order valence-corrected chi connectivity index (χ1v) is 4.20. The minimum absolute atomic E-state index is 0.155. The van der Waals surface area contributed by atoms with Crippen LogP contribution in [0.5, 0.6) is 0 Å². The molecule has 0 unspecified atom stereocenters. The van der Waals surface area contributed by atoms with Crippen LogP contribution in [0.15, 0.2) is 0 Å². The van der Waals surface area contributed by atoms with Crippen LogP contribution in [0.1, 0.15) is 32.6 Å². The lowest BCUT2D eigenvalue weighted by atomic mass is 10.1. The predicted octanol–water partition coefficient (Wildman–Crippen LogP) is 0.422. The molecule has 0 saturated heterocycles. The predicted molar refractivity (Wildman–Crippen MR) is 46.2 cm³/mol. The summed E-state index contributed by atoms with van der Waals surface area (Å²) < 4.78 is 0. The normalized spacial score (nSPS) is 13.0. The number of hydrogen-bond acceptors (Lipinski definition) is 3. The van der Waals surface area contributed by atoms with Gasteiger partial charge in [0.2, 0.25) is 0 Å². The molecule has 0 spiro atoms. The third kappa shape index (κ3) is 4.93. The van der Waals surface area contributed by atoms with Crippen molar-refractivity contribution in [3.05, 3.63) is 0 Å². The van der Waals surface area contributed by atoms with E-state index in [9.17, 15) is 4.79 Å². The quantitative estimate of drug-likeness (QED) is 0.550. The van der Waals surface area contributed by atoms with E-state index in [4.69, 9.17) is 11.5 Å². The Morgan fingerprint density at radius 3 is 2.55 bits per heavy atom. The highest BCUT2D eigenvalue weighted by Gasteiger charge is 2.09. The highest BCUT2D eigenvalue weighted by atomic mass is 16.1. The molecule has 1 atom stereocenters. The largest absolute Gasteiger partial charge is 0.330 e. The maximum absolute atomic E-state index is 10.9. The monoisotopic (exact) mass is 158 g/mol. The zero-order valence-electron chi connectivity index (χ0n) is 7.18. The molecule has 0 fully saturated rings. The Morgan fingerprint density at radius 1 is 1.45 bits per heavy atom. The Kier molecular flexibility index (Phi) is 6.07. The van der Waals surface area contributed by atoms with E-state index < -0.39 is 0 Å². The van der Waals surface area contributed by atoms with E-state index in [0.717, 1.165) is 19.3 Å². The van der Waals surface area contributed by atoms with Gasteiger partial charge in [-0.25, -0.2) is 0 Å². The average Bonchev–Trinajstić information content (AvgIpc) is 2.03. The molecule has 3 nitrogen and oxygen atoms in total. The number of carbonyl (C=O) groups excluding carboxylic acids is 1. The minimum atomic E-state index is -0.258. The molecule has 0 aromatic carbocycles. The van der Waals surface area contributed by atoms with Crippen LogP contribution in [0.4, 0.5) is 0 Å². The van der Waals surface area contributed by atoms with Crippen LogP contribution in [0.2, 0.25) is 0 Å². The highest BCUT2D eigenvalue weighted by Crippen LogP contribution is 2.00. The Hall–Kier alpha value is -0.410. The van der Waals surface area contributed by atoms with Crippen LogP contribution in [-0.2, 0) is 4.79 Å². The molecule has 0 aliphatic heterocycles. The SMILES string of the molecule is CCC(=O)[C@@H](N)CCCCN. The van der Waals surface area contributed by atoms with Gasteiger partial charge in [-0.15, -0.1) is 0 Å². The first kappa shape index (κ1) is 10.6. The number of ketones is 1. The number of Topliss-reactive ketones (excluding diaryl/α,β-unsaturated/α-hetero) is 1. The number of carbonyl (C=O) groups is 1. The molecule has 66 valence electrons. The summed E-state index contributed by atoms with van der Waals surface area (Å²) in [6.07, 6.45) is 3.25. The zero-order valence-corrected chi connectivity index (χ0v) is 7.18. The molecule has 0 aromatic heterocycles. The van der Waals surface area contributed by atoms with Crippen molar-refractivity contribution in [1.82, 2.24) is 0 Å². The molecule has 3 heteroatoms. The van der Waals surface area contributed by atoms with E-state index in [1.54, 1.807) is 0 Å². The van der Waals surface area contributed by atoms with Crippen molar-refractivity contribution in [1.29, 1.82) is 0 Å². The minimum Gasteiger partial charge on any atom is -0.330 e. The van der Waals surface area contributed by atoms with Crippen LogP contribution in [-0.4, -0.2) is 18.4 Å². The van der Waals surface area contributed by atoms with Gasteiger partial charge in [0.05, 0.1) is 6.04 Å². The fourth-order valence-corrected chi connectivity index (χ4v) is 0.932. The molecule has 4 N–H and O–H groups in total. The number of unbranched alkanes of at least 4 members (excludes halogenated alkanes) is 1. The molecule has 0 aliphatic rings. The number of hydrogen-bond donors (Lipinski definition) is 2. The van der Waals surface area contributed by atoms with Crippen molar-refractivity contribution >= 4 is 5.78 Å². The third-order valence-corrected chi connectivity index (χ3v) is 1.73. The lowest BCUT2D eigenvalue weighted by molar-refractivity contribution is -0.120. The summed E-state index contributed by atoms with van der Waals surface area (Å²) in [5.41, 5.74) is 10.9. The molecule has 0 aromatic rings. The molecule has 0 saturated carbocycles. The molecule has 0 aliphatic carbocycles. The van der Waals surface area contributed by atoms with Crippen molar-refractivity contribution < 1.29 is 4.79 Å². The van der Waals surface area contributed by atoms with Crippen LogP contribution < -0.4 is 11.5 Å². The van der Waals surface area contributed by atoms with E-state index in [1.165, 1.54) is 0 Å². The van der Waals surface area contributed by atoms with Crippen LogP contribution in [0.3, 0.4) is 0 Å². The second-order valence-electron chi connectivity index (χ2n) is 2.71. The summed E-state index contributed by atoms with van der Waals surface area (Å²) >= 11 is 0. The van der Waals surface area contributed by atoms with Gasteiger partial charge in [0.25, 0.3) is 0 Å². The van der Waals surface area contributed by atoms with E-state index in [-0.39, 0.29) is 11.8 Å². The van der Waals surface area contributed by atoms with Gasteiger partial charge in [-0.05, 0) is 19.4 Å². The van der Waals surface area contributed by atoms with Gasteiger partial charge in [-0.1, -0.05) is 13.3 Å². The Labute approximate surface area is 68.1 Å². The second kappa shape index (κ2) is 6.31. The van der Waals surface area contributed by atoms with Gasteiger partial charge in [-0.2, -0.15) is 0 Å². The fourth-order valence-electron chi connectivity index (χ4n) is 0.932. The molecule has 0 radical (unpaired) electrons. The third-order valence-electron chi connectivity index (χ3n) is 1.73. The Morgan fingerprint density at radius 2 is 2.09 bits per heavy atom.